The quantitative estimate of drug-likeness (QED) is 0.740. The highest BCUT2D eigenvalue weighted by Gasteiger charge is 2.19. The smallest absolute Gasteiger partial charge is 0.338 e. The van der Waals surface area contributed by atoms with Crippen LogP contribution in [-0.4, -0.2) is 12.1 Å². The molecular formula is C13H14F2O2. The summed E-state index contributed by atoms with van der Waals surface area (Å²) in [5, 5.41) is 0. The summed E-state index contributed by atoms with van der Waals surface area (Å²) in [5.74, 6) is -2.56. The van der Waals surface area contributed by atoms with Crippen molar-refractivity contribution in [3.63, 3.8) is 0 Å². The number of benzene rings is 1. The molecule has 0 spiro atoms. The third kappa shape index (κ3) is 3.02. The molecule has 0 bridgehead atoms. The van der Waals surface area contributed by atoms with E-state index in [9.17, 15) is 13.6 Å². The van der Waals surface area contributed by atoms with Gasteiger partial charge in [0.05, 0.1) is 5.56 Å². The Bertz CT molecular complexity index is 412. The highest BCUT2D eigenvalue weighted by Crippen LogP contribution is 2.21. The van der Waals surface area contributed by atoms with Crippen molar-refractivity contribution in [1.82, 2.24) is 0 Å². The van der Waals surface area contributed by atoms with E-state index >= 15 is 0 Å². The van der Waals surface area contributed by atoms with Gasteiger partial charge in [0, 0.05) is 0 Å². The Morgan fingerprint density at radius 1 is 1.12 bits per heavy atom. The van der Waals surface area contributed by atoms with E-state index in [0.29, 0.717) is 0 Å². The Morgan fingerprint density at radius 3 is 2.47 bits per heavy atom. The third-order valence-electron chi connectivity index (χ3n) is 2.98. The van der Waals surface area contributed by atoms with E-state index in [1.165, 1.54) is 12.5 Å². The maximum absolute atomic E-state index is 12.9. The molecule has 0 N–H and O–H groups in total. The van der Waals surface area contributed by atoms with Gasteiger partial charge in [-0.3, -0.25) is 0 Å². The van der Waals surface area contributed by atoms with Crippen LogP contribution in [0.5, 0.6) is 0 Å². The lowest BCUT2D eigenvalue weighted by atomic mass is 9.98. The molecule has 1 aliphatic carbocycles. The average molecular weight is 240 g/mol. The maximum atomic E-state index is 12.9. The fourth-order valence-corrected chi connectivity index (χ4v) is 2.03. The third-order valence-corrected chi connectivity index (χ3v) is 2.98. The van der Waals surface area contributed by atoms with Crippen molar-refractivity contribution in [2.45, 2.75) is 38.2 Å². The Balaban J connectivity index is 2.01. The van der Waals surface area contributed by atoms with Gasteiger partial charge in [-0.2, -0.15) is 0 Å². The Morgan fingerprint density at radius 2 is 1.82 bits per heavy atom. The van der Waals surface area contributed by atoms with E-state index < -0.39 is 17.6 Å². The molecule has 4 heteroatoms. The van der Waals surface area contributed by atoms with Gasteiger partial charge in [-0.25, -0.2) is 13.6 Å². The van der Waals surface area contributed by atoms with Crippen molar-refractivity contribution in [2.75, 3.05) is 0 Å². The molecule has 1 aliphatic rings. The second-order valence-corrected chi connectivity index (χ2v) is 4.29. The molecule has 17 heavy (non-hydrogen) atoms. The topological polar surface area (TPSA) is 26.3 Å². The zero-order chi connectivity index (χ0) is 12.3. The zero-order valence-corrected chi connectivity index (χ0v) is 9.42. The summed E-state index contributed by atoms with van der Waals surface area (Å²) in [6.45, 7) is 0. The predicted octanol–water partition coefficient (Wildman–Crippen LogP) is 3.45. The average Bonchev–Trinajstić information content (AvgIpc) is 2.34. The van der Waals surface area contributed by atoms with Crippen molar-refractivity contribution >= 4 is 5.97 Å². The zero-order valence-electron chi connectivity index (χ0n) is 9.42. The number of rotatable bonds is 2. The first-order valence-corrected chi connectivity index (χ1v) is 5.83. The van der Waals surface area contributed by atoms with Crippen LogP contribution in [0.25, 0.3) is 0 Å². The molecule has 0 aliphatic heterocycles. The molecule has 1 fully saturated rings. The lowest BCUT2D eigenvalue weighted by Crippen LogP contribution is -2.21. The number of halogens is 2. The van der Waals surface area contributed by atoms with Crippen LogP contribution in [0.3, 0.4) is 0 Å². The number of carbonyl (C=O) groups is 1. The first-order valence-electron chi connectivity index (χ1n) is 5.83. The summed E-state index contributed by atoms with van der Waals surface area (Å²) in [6.07, 6.45) is 4.90. The summed E-state index contributed by atoms with van der Waals surface area (Å²) < 4.78 is 30.9. The van der Waals surface area contributed by atoms with E-state index in [2.05, 4.69) is 0 Å². The lowest BCUT2D eigenvalue weighted by Gasteiger charge is -2.21. The Hall–Kier alpha value is -1.45. The normalized spacial score (nSPS) is 16.8. The van der Waals surface area contributed by atoms with Crippen LogP contribution in [-0.2, 0) is 4.74 Å². The van der Waals surface area contributed by atoms with Crippen LogP contribution < -0.4 is 0 Å². The van der Waals surface area contributed by atoms with Crippen LogP contribution in [0.2, 0.25) is 0 Å². The first kappa shape index (κ1) is 12.0. The number of ether oxygens (including phenoxy) is 1. The van der Waals surface area contributed by atoms with Crippen molar-refractivity contribution in [3.8, 4) is 0 Å². The van der Waals surface area contributed by atoms with Gasteiger partial charge in [0.2, 0.25) is 0 Å². The standard InChI is InChI=1S/C13H14F2O2/c14-11-7-6-9(8-12(11)15)13(16)17-10-4-2-1-3-5-10/h6-8,10H,1-5H2. The minimum absolute atomic E-state index is 0.0643. The summed E-state index contributed by atoms with van der Waals surface area (Å²) in [4.78, 5) is 11.7. The minimum Gasteiger partial charge on any atom is -0.459 e. The first-order chi connectivity index (χ1) is 8.16. The fourth-order valence-electron chi connectivity index (χ4n) is 2.03. The predicted molar refractivity (Wildman–Crippen MR) is 58.6 cm³/mol. The molecule has 0 heterocycles. The fraction of sp³-hybridized carbons (Fsp3) is 0.462. The van der Waals surface area contributed by atoms with Crippen LogP contribution >= 0.6 is 0 Å². The van der Waals surface area contributed by atoms with Crippen molar-refractivity contribution < 1.29 is 18.3 Å². The van der Waals surface area contributed by atoms with Gasteiger partial charge in [-0.05, 0) is 43.9 Å². The van der Waals surface area contributed by atoms with E-state index in [-0.39, 0.29) is 11.7 Å². The van der Waals surface area contributed by atoms with Gasteiger partial charge in [-0.15, -0.1) is 0 Å². The molecule has 0 amide bonds. The minimum atomic E-state index is -1.02. The summed E-state index contributed by atoms with van der Waals surface area (Å²) >= 11 is 0. The van der Waals surface area contributed by atoms with Gasteiger partial charge in [0.25, 0.3) is 0 Å². The highest BCUT2D eigenvalue weighted by atomic mass is 19.2. The molecule has 92 valence electrons. The van der Waals surface area contributed by atoms with Crippen LogP contribution in [0, 0.1) is 11.6 Å². The molecule has 0 unspecified atom stereocenters. The molecule has 1 aromatic rings. The number of hydrogen-bond acceptors (Lipinski definition) is 2. The van der Waals surface area contributed by atoms with E-state index in [1.807, 2.05) is 0 Å². The summed E-state index contributed by atoms with van der Waals surface area (Å²) in [6, 6.07) is 3.05. The van der Waals surface area contributed by atoms with E-state index in [0.717, 1.165) is 37.8 Å². The Labute approximate surface area is 98.6 Å². The molecule has 2 nitrogen and oxygen atoms in total. The highest BCUT2D eigenvalue weighted by molar-refractivity contribution is 5.89. The number of esters is 1. The molecule has 1 saturated carbocycles. The van der Waals surface area contributed by atoms with Crippen molar-refractivity contribution in [3.05, 3.63) is 35.4 Å². The summed E-state index contributed by atoms with van der Waals surface area (Å²) in [7, 11) is 0. The van der Waals surface area contributed by atoms with Gasteiger partial charge in [-0.1, -0.05) is 6.42 Å². The molecule has 0 radical (unpaired) electrons. The monoisotopic (exact) mass is 240 g/mol. The molecule has 0 saturated heterocycles. The van der Waals surface area contributed by atoms with Gasteiger partial charge in [0.15, 0.2) is 11.6 Å². The lowest BCUT2D eigenvalue weighted by molar-refractivity contribution is 0.0210. The second kappa shape index (κ2) is 5.25. The molecule has 0 aromatic heterocycles. The molecule has 0 atom stereocenters. The van der Waals surface area contributed by atoms with Gasteiger partial charge < -0.3 is 4.74 Å². The molecular weight excluding hydrogens is 226 g/mol. The van der Waals surface area contributed by atoms with Crippen molar-refractivity contribution in [1.29, 1.82) is 0 Å². The molecule has 1 aromatic carbocycles. The van der Waals surface area contributed by atoms with Crippen LogP contribution in [0.15, 0.2) is 18.2 Å². The Kier molecular flexibility index (Phi) is 3.71. The SMILES string of the molecule is O=C(OC1CCCCC1)c1ccc(F)c(F)c1. The van der Waals surface area contributed by atoms with Gasteiger partial charge in [0.1, 0.15) is 6.10 Å². The largest absolute Gasteiger partial charge is 0.459 e. The van der Waals surface area contributed by atoms with Crippen LogP contribution in [0.1, 0.15) is 42.5 Å². The van der Waals surface area contributed by atoms with Gasteiger partial charge >= 0.3 is 5.97 Å². The molecule has 2 rings (SSSR count). The van der Waals surface area contributed by atoms with E-state index in [1.54, 1.807) is 0 Å². The van der Waals surface area contributed by atoms with E-state index in [4.69, 9.17) is 4.74 Å². The summed E-state index contributed by atoms with van der Waals surface area (Å²) in [5.41, 5.74) is 0.0643. The number of hydrogen-bond donors (Lipinski definition) is 0. The number of carbonyl (C=O) groups excluding carboxylic acids is 1. The van der Waals surface area contributed by atoms with Crippen molar-refractivity contribution in [2.24, 2.45) is 0 Å². The second-order valence-electron chi connectivity index (χ2n) is 4.29. The maximum Gasteiger partial charge on any atom is 0.338 e. The van der Waals surface area contributed by atoms with Crippen LogP contribution in [0.4, 0.5) is 8.78 Å².